The van der Waals surface area contributed by atoms with Gasteiger partial charge in [-0.2, -0.15) is 5.10 Å². The molecule has 0 aromatic carbocycles. The zero-order valence-electron chi connectivity index (χ0n) is 10.8. The van der Waals surface area contributed by atoms with Crippen LogP contribution in [-0.2, 0) is 0 Å². The van der Waals surface area contributed by atoms with Crippen LogP contribution in [0.1, 0.15) is 49.2 Å². The number of rotatable bonds is 2. The number of hydrogen-bond acceptors (Lipinski definition) is 2. The second-order valence-electron chi connectivity index (χ2n) is 5.50. The van der Waals surface area contributed by atoms with E-state index in [0.717, 1.165) is 18.5 Å². The lowest BCUT2D eigenvalue weighted by molar-refractivity contribution is 0.0910. The summed E-state index contributed by atoms with van der Waals surface area (Å²) in [5, 5.41) is 9.80. The molecule has 2 unspecified atom stereocenters. The first-order valence-corrected chi connectivity index (χ1v) is 6.37. The molecule has 2 rings (SSSR count). The predicted octanol–water partition coefficient (Wildman–Crippen LogP) is 2.27. The number of hydrogen-bond donors (Lipinski definition) is 2. The molecule has 1 fully saturated rings. The van der Waals surface area contributed by atoms with Gasteiger partial charge in [-0.15, -0.1) is 0 Å². The van der Waals surface area contributed by atoms with Crippen molar-refractivity contribution < 1.29 is 4.79 Å². The minimum atomic E-state index is 0.00236. The Morgan fingerprint density at radius 2 is 2.00 bits per heavy atom. The predicted molar refractivity (Wildman–Crippen MR) is 66.8 cm³/mol. The van der Waals surface area contributed by atoms with Crippen LogP contribution in [0.25, 0.3) is 0 Å². The molecular weight excluding hydrogens is 214 g/mol. The Morgan fingerprint density at radius 1 is 1.35 bits per heavy atom. The molecule has 1 aromatic heterocycles. The van der Waals surface area contributed by atoms with Crippen molar-refractivity contribution in [2.45, 2.75) is 46.1 Å². The fourth-order valence-corrected chi connectivity index (χ4v) is 2.91. The molecule has 2 atom stereocenters. The second kappa shape index (κ2) is 4.90. The van der Waals surface area contributed by atoms with E-state index in [-0.39, 0.29) is 5.91 Å². The number of aryl methyl sites for hydroxylation is 1. The molecule has 1 aromatic rings. The number of nitrogens with one attached hydrogen (secondary N) is 2. The average Bonchev–Trinajstić information content (AvgIpc) is 2.62. The van der Waals surface area contributed by atoms with Gasteiger partial charge in [0, 0.05) is 11.7 Å². The highest BCUT2D eigenvalue weighted by Gasteiger charge is 2.25. The number of amides is 1. The van der Waals surface area contributed by atoms with Crippen LogP contribution in [0.5, 0.6) is 0 Å². The zero-order valence-corrected chi connectivity index (χ0v) is 10.8. The summed E-state index contributed by atoms with van der Waals surface area (Å²) in [5.74, 6) is 1.41. The molecule has 0 saturated heterocycles. The van der Waals surface area contributed by atoms with Crippen molar-refractivity contribution in [2.24, 2.45) is 11.8 Å². The summed E-state index contributed by atoms with van der Waals surface area (Å²) in [6.07, 6.45) is 5.05. The van der Waals surface area contributed by atoms with E-state index in [0.29, 0.717) is 23.4 Å². The molecule has 1 aliphatic rings. The van der Waals surface area contributed by atoms with Gasteiger partial charge >= 0.3 is 0 Å². The van der Waals surface area contributed by atoms with E-state index >= 15 is 0 Å². The van der Waals surface area contributed by atoms with Crippen LogP contribution < -0.4 is 5.32 Å². The summed E-state index contributed by atoms with van der Waals surface area (Å²) in [7, 11) is 0. The minimum Gasteiger partial charge on any atom is -0.349 e. The third-order valence-corrected chi connectivity index (χ3v) is 3.59. The molecule has 4 nitrogen and oxygen atoms in total. The van der Waals surface area contributed by atoms with Gasteiger partial charge in [-0.1, -0.05) is 13.8 Å². The first kappa shape index (κ1) is 12.1. The van der Waals surface area contributed by atoms with Crippen LogP contribution in [0.3, 0.4) is 0 Å². The van der Waals surface area contributed by atoms with E-state index in [4.69, 9.17) is 0 Å². The molecule has 17 heavy (non-hydrogen) atoms. The Kier molecular flexibility index (Phi) is 3.50. The Hall–Kier alpha value is -1.32. The van der Waals surface area contributed by atoms with Gasteiger partial charge in [0.15, 0.2) is 0 Å². The van der Waals surface area contributed by atoms with Crippen molar-refractivity contribution in [2.75, 3.05) is 0 Å². The van der Waals surface area contributed by atoms with Crippen molar-refractivity contribution in [3.05, 3.63) is 17.5 Å². The van der Waals surface area contributed by atoms with Gasteiger partial charge in [0.05, 0.1) is 11.8 Å². The number of aromatic amines is 1. The topological polar surface area (TPSA) is 57.8 Å². The molecule has 4 heteroatoms. The SMILES string of the molecule is Cc1[nH]ncc1C(=O)NC1CC(C)CC(C)C1. The van der Waals surface area contributed by atoms with Crippen LogP contribution >= 0.6 is 0 Å². The van der Waals surface area contributed by atoms with E-state index in [9.17, 15) is 4.79 Å². The Bertz CT molecular complexity index is 389. The van der Waals surface area contributed by atoms with Crippen molar-refractivity contribution in [1.82, 2.24) is 15.5 Å². The van der Waals surface area contributed by atoms with E-state index in [2.05, 4.69) is 29.4 Å². The van der Waals surface area contributed by atoms with Gasteiger partial charge in [-0.3, -0.25) is 9.89 Å². The highest BCUT2D eigenvalue weighted by Crippen LogP contribution is 2.28. The number of aromatic nitrogens is 2. The molecule has 2 N–H and O–H groups in total. The third-order valence-electron chi connectivity index (χ3n) is 3.59. The molecular formula is C13H21N3O. The highest BCUT2D eigenvalue weighted by molar-refractivity contribution is 5.95. The summed E-state index contributed by atoms with van der Waals surface area (Å²) in [6, 6.07) is 0.315. The van der Waals surface area contributed by atoms with Crippen molar-refractivity contribution in [1.29, 1.82) is 0 Å². The fraction of sp³-hybridized carbons (Fsp3) is 0.692. The summed E-state index contributed by atoms with van der Waals surface area (Å²) in [5.41, 5.74) is 1.50. The average molecular weight is 235 g/mol. The van der Waals surface area contributed by atoms with Gasteiger partial charge in [-0.25, -0.2) is 0 Å². The van der Waals surface area contributed by atoms with Crippen molar-refractivity contribution in [3.8, 4) is 0 Å². The lowest BCUT2D eigenvalue weighted by Gasteiger charge is -2.31. The summed E-state index contributed by atoms with van der Waals surface area (Å²) in [4.78, 5) is 12.0. The zero-order chi connectivity index (χ0) is 12.4. The molecule has 1 amide bonds. The number of carbonyl (C=O) groups excluding carboxylic acids is 1. The molecule has 0 aliphatic heterocycles. The Morgan fingerprint density at radius 3 is 2.53 bits per heavy atom. The van der Waals surface area contributed by atoms with Crippen molar-refractivity contribution in [3.63, 3.8) is 0 Å². The molecule has 94 valence electrons. The van der Waals surface area contributed by atoms with Gasteiger partial charge < -0.3 is 5.32 Å². The minimum absolute atomic E-state index is 0.00236. The number of carbonyl (C=O) groups is 1. The monoisotopic (exact) mass is 235 g/mol. The molecule has 0 bridgehead atoms. The maximum atomic E-state index is 12.0. The molecule has 0 radical (unpaired) electrons. The lowest BCUT2D eigenvalue weighted by Crippen LogP contribution is -2.40. The summed E-state index contributed by atoms with van der Waals surface area (Å²) < 4.78 is 0. The van der Waals surface area contributed by atoms with E-state index in [1.54, 1.807) is 6.20 Å². The third kappa shape index (κ3) is 2.87. The molecule has 1 heterocycles. The standard InChI is InChI=1S/C13H21N3O/c1-8-4-9(2)6-11(5-8)15-13(17)12-7-14-16-10(12)3/h7-9,11H,4-6H2,1-3H3,(H,14,16)(H,15,17). The summed E-state index contributed by atoms with van der Waals surface area (Å²) >= 11 is 0. The van der Waals surface area contributed by atoms with Crippen molar-refractivity contribution >= 4 is 5.91 Å². The van der Waals surface area contributed by atoms with Gasteiger partial charge in [0.1, 0.15) is 0 Å². The maximum absolute atomic E-state index is 12.0. The lowest BCUT2D eigenvalue weighted by atomic mass is 9.80. The molecule has 1 aliphatic carbocycles. The molecule has 0 spiro atoms. The van der Waals surface area contributed by atoms with Crippen LogP contribution in [0.15, 0.2) is 6.20 Å². The largest absolute Gasteiger partial charge is 0.349 e. The normalized spacial score (nSPS) is 29.0. The van der Waals surface area contributed by atoms with Crippen LogP contribution in [-0.4, -0.2) is 22.1 Å². The van der Waals surface area contributed by atoms with E-state index < -0.39 is 0 Å². The first-order valence-electron chi connectivity index (χ1n) is 6.37. The summed E-state index contributed by atoms with van der Waals surface area (Å²) in [6.45, 7) is 6.39. The first-order chi connectivity index (χ1) is 8.06. The van der Waals surface area contributed by atoms with E-state index in [1.807, 2.05) is 6.92 Å². The Labute approximate surface area is 102 Å². The fourth-order valence-electron chi connectivity index (χ4n) is 2.91. The van der Waals surface area contributed by atoms with Gasteiger partial charge in [0.2, 0.25) is 0 Å². The number of H-pyrrole nitrogens is 1. The second-order valence-corrected chi connectivity index (χ2v) is 5.50. The van der Waals surface area contributed by atoms with Crippen LogP contribution in [0.2, 0.25) is 0 Å². The van der Waals surface area contributed by atoms with E-state index in [1.165, 1.54) is 6.42 Å². The Balaban J connectivity index is 1.97. The van der Waals surface area contributed by atoms with Crippen LogP contribution in [0, 0.1) is 18.8 Å². The smallest absolute Gasteiger partial charge is 0.254 e. The van der Waals surface area contributed by atoms with Gasteiger partial charge in [0.25, 0.3) is 5.91 Å². The van der Waals surface area contributed by atoms with Crippen LogP contribution in [0.4, 0.5) is 0 Å². The van der Waals surface area contributed by atoms with Gasteiger partial charge in [-0.05, 0) is 38.0 Å². The maximum Gasteiger partial charge on any atom is 0.254 e. The quantitative estimate of drug-likeness (QED) is 0.826. The molecule has 1 saturated carbocycles. The highest BCUT2D eigenvalue weighted by atomic mass is 16.1. The number of nitrogens with zero attached hydrogens (tertiary/aromatic N) is 1.